The van der Waals surface area contributed by atoms with Gasteiger partial charge in [0, 0.05) is 22.8 Å². The van der Waals surface area contributed by atoms with Gasteiger partial charge in [-0.1, -0.05) is 39.0 Å². The third-order valence-corrected chi connectivity index (χ3v) is 4.96. The van der Waals surface area contributed by atoms with Crippen LogP contribution >= 0.6 is 22.9 Å². The van der Waals surface area contributed by atoms with Crippen LogP contribution in [0, 0.1) is 0 Å². The fourth-order valence-electron chi connectivity index (χ4n) is 2.39. The standard InChI is InChI=1S/C19H20ClN3OS/c1-19(2,3)14-7-4-5-9-16(14)24-17-15(8-6-10-21-17)23-18-22-12-13(11-20)25-18/h4-10,12H,11H2,1-3H3,(H,22,23). The van der Waals surface area contributed by atoms with Crippen molar-refractivity contribution < 1.29 is 4.74 Å². The number of ether oxygens (including phenoxy) is 1. The summed E-state index contributed by atoms with van der Waals surface area (Å²) in [5.41, 5.74) is 1.87. The average Bonchev–Trinajstić information content (AvgIpc) is 3.04. The summed E-state index contributed by atoms with van der Waals surface area (Å²) in [7, 11) is 0. The van der Waals surface area contributed by atoms with Crippen LogP contribution in [-0.4, -0.2) is 9.97 Å². The Balaban J connectivity index is 1.89. The average molecular weight is 374 g/mol. The van der Waals surface area contributed by atoms with Crippen LogP contribution in [0.2, 0.25) is 0 Å². The number of hydrogen-bond donors (Lipinski definition) is 1. The van der Waals surface area contributed by atoms with E-state index in [1.54, 1.807) is 12.4 Å². The third-order valence-electron chi connectivity index (χ3n) is 3.60. The summed E-state index contributed by atoms with van der Waals surface area (Å²) in [6.45, 7) is 6.49. The predicted molar refractivity (Wildman–Crippen MR) is 104 cm³/mol. The molecule has 2 heterocycles. The summed E-state index contributed by atoms with van der Waals surface area (Å²) in [4.78, 5) is 9.72. The highest BCUT2D eigenvalue weighted by Gasteiger charge is 2.20. The van der Waals surface area contributed by atoms with Gasteiger partial charge in [-0.3, -0.25) is 0 Å². The first-order valence-electron chi connectivity index (χ1n) is 7.97. The van der Waals surface area contributed by atoms with Gasteiger partial charge in [0.1, 0.15) is 11.4 Å². The normalized spacial score (nSPS) is 11.4. The van der Waals surface area contributed by atoms with Crippen molar-refractivity contribution >= 4 is 33.8 Å². The van der Waals surface area contributed by atoms with Crippen LogP contribution in [0.1, 0.15) is 31.2 Å². The molecule has 0 aliphatic rings. The number of anilines is 2. The second-order valence-corrected chi connectivity index (χ2v) is 7.98. The lowest BCUT2D eigenvalue weighted by Gasteiger charge is -2.22. The summed E-state index contributed by atoms with van der Waals surface area (Å²) in [5.74, 6) is 1.77. The molecule has 0 aliphatic carbocycles. The summed E-state index contributed by atoms with van der Waals surface area (Å²) < 4.78 is 6.15. The van der Waals surface area contributed by atoms with Crippen LogP contribution < -0.4 is 10.1 Å². The van der Waals surface area contributed by atoms with Gasteiger partial charge in [-0.15, -0.1) is 22.9 Å². The van der Waals surface area contributed by atoms with E-state index >= 15 is 0 Å². The van der Waals surface area contributed by atoms with E-state index in [-0.39, 0.29) is 5.41 Å². The Labute approximate surface area is 156 Å². The number of thiazole rings is 1. The van der Waals surface area contributed by atoms with E-state index < -0.39 is 0 Å². The molecule has 0 amide bonds. The number of nitrogens with zero attached hydrogens (tertiary/aromatic N) is 2. The summed E-state index contributed by atoms with van der Waals surface area (Å²) in [5, 5.41) is 4.03. The number of aromatic nitrogens is 2. The first-order chi connectivity index (χ1) is 12.0. The molecule has 130 valence electrons. The molecule has 1 aromatic carbocycles. The number of hydrogen-bond acceptors (Lipinski definition) is 5. The van der Waals surface area contributed by atoms with Crippen LogP contribution in [0.4, 0.5) is 10.8 Å². The Morgan fingerprint density at radius 2 is 1.92 bits per heavy atom. The number of nitrogens with one attached hydrogen (secondary N) is 1. The number of halogens is 1. The number of rotatable bonds is 5. The van der Waals surface area contributed by atoms with Crippen molar-refractivity contribution in [1.29, 1.82) is 0 Å². The first kappa shape index (κ1) is 17.7. The minimum Gasteiger partial charge on any atom is -0.437 e. The molecule has 0 aliphatic heterocycles. The predicted octanol–water partition coefficient (Wildman–Crippen LogP) is 6.11. The molecule has 0 fully saturated rings. The minimum atomic E-state index is -0.0243. The van der Waals surface area contributed by atoms with Crippen LogP contribution in [-0.2, 0) is 11.3 Å². The monoisotopic (exact) mass is 373 g/mol. The van der Waals surface area contributed by atoms with Crippen molar-refractivity contribution in [3.63, 3.8) is 0 Å². The third kappa shape index (κ3) is 4.30. The van der Waals surface area contributed by atoms with E-state index in [1.165, 1.54) is 11.3 Å². The van der Waals surface area contributed by atoms with Crippen molar-refractivity contribution in [2.24, 2.45) is 0 Å². The van der Waals surface area contributed by atoms with Crippen LogP contribution in [0.25, 0.3) is 0 Å². The van der Waals surface area contributed by atoms with E-state index in [4.69, 9.17) is 16.3 Å². The molecule has 0 saturated carbocycles. The van der Waals surface area contributed by atoms with Gasteiger partial charge >= 0.3 is 0 Å². The Morgan fingerprint density at radius 3 is 2.64 bits per heavy atom. The Morgan fingerprint density at radius 1 is 1.12 bits per heavy atom. The lowest BCUT2D eigenvalue weighted by Crippen LogP contribution is -2.12. The molecule has 6 heteroatoms. The van der Waals surface area contributed by atoms with Gasteiger partial charge < -0.3 is 10.1 Å². The molecule has 2 aromatic heterocycles. The highest BCUT2D eigenvalue weighted by molar-refractivity contribution is 7.15. The van der Waals surface area contributed by atoms with E-state index in [2.05, 4.69) is 42.1 Å². The second-order valence-electron chi connectivity index (χ2n) is 6.59. The van der Waals surface area contributed by atoms with Crippen molar-refractivity contribution in [1.82, 2.24) is 9.97 Å². The molecule has 0 atom stereocenters. The topological polar surface area (TPSA) is 47.0 Å². The fraction of sp³-hybridized carbons (Fsp3) is 0.263. The molecule has 0 bridgehead atoms. The van der Waals surface area contributed by atoms with Gasteiger partial charge in [0.15, 0.2) is 5.13 Å². The minimum absolute atomic E-state index is 0.0243. The van der Waals surface area contributed by atoms with E-state index in [0.29, 0.717) is 11.8 Å². The quantitative estimate of drug-likeness (QED) is 0.548. The Kier molecular flexibility index (Phi) is 5.25. The molecule has 3 rings (SSSR count). The molecular formula is C19H20ClN3OS. The van der Waals surface area contributed by atoms with Crippen molar-refractivity contribution in [3.8, 4) is 11.6 Å². The number of alkyl halides is 1. The van der Waals surface area contributed by atoms with E-state index in [9.17, 15) is 0 Å². The van der Waals surface area contributed by atoms with Gasteiger partial charge in [-0.2, -0.15) is 0 Å². The molecule has 3 aromatic rings. The summed E-state index contributed by atoms with van der Waals surface area (Å²) in [6, 6.07) is 11.8. The van der Waals surface area contributed by atoms with Gasteiger partial charge in [0.2, 0.25) is 5.88 Å². The Bertz CT molecular complexity index is 858. The molecule has 4 nitrogen and oxygen atoms in total. The van der Waals surface area contributed by atoms with Crippen LogP contribution in [0.5, 0.6) is 11.6 Å². The molecular weight excluding hydrogens is 354 g/mol. The zero-order chi connectivity index (χ0) is 17.9. The van der Waals surface area contributed by atoms with Gasteiger partial charge in [0.25, 0.3) is 0 Å². The smallest absolute Gasteiger partial charge is 0.243 e. The maximum atomic E-state index is 6.15. The van der Waals surface area contributed by atoms with E-state index in [1.807, 2.05) is 30.3 Å². The highest BCUT2D eigenvalue weighted by atomic mass is 35.5. The maximum absolute atomic E-state index is 6.15. The van der Waals surface area contributed by atoms with Crippen LogP contribution in [0.3, 0.4) is 0 Å². The zero-order valence-corrected chi connectivity index (χ0v) is 16.0. The van der Waals surface area contributed by atoms with E-state index in [0.717, 1.165) is 27.0 Å². The number of pyridine rings is 1. The fourth-order valence-corrected chi connectivity index (χ4v) is 3.30. The molecule has 0 saturated heterocycles. The SMILES string of the molecule is CC(C)(C)c1ccccc1Oc1ncccc1Nc1ncc(CCl)s1. The lowest BCUT2D eigenvalue weighted by atomic mass is 9.86. The second kappa shape index (κ2) is 7.42. The van der Waals surface area contributed by atoms with Crippen molar-refractivity contribution in [2.75, 3.05) is 5.32 Å². The molecule has 1 N–H and O–H groups in total. The van der Waals surface area contributed by atoms with Gasteiger partial charge in [0.05, 0.1) is 5.88 Å². The number of benzene rings is 1. The summed E-state index contributed by atoms with van der Waals surface area (Å²) >= 11 is 7.36. The molecule has 0 unspecified atom stereocenters. The molecule has 0 radical (unpaired) electrons. The largest absolute Gasteiger partial charge is 0.437 e. The van der Waals surface area contributed by atoms with Crippen molar-refractivity contribution in [3.05, 3.63) is 59.2 Å². The Hall–Kier alpha value is -2.11. The maximum Gasteiger partial charge on any atom is 0.243 e. The zero-order valence-electron chi connectivity index (χ0n) is 14.4. The highest BCUT2D eigenvalue weighted by Crippen LogP contribution is 2.36. The molecule has 25 heavy (non-hydrogen) atoms. The lowest BCUT2D eigenvalue weighted by molar-refractivity contribution is 0.442. The van der Waals surface area contributed by atoms with Crippen LogP contribution in [0.15, 0.2) is 48.8 Å². The van der Waals surface area contributed by atoms with Crippen molar-refractivity contribution in [2.45, 2.75) is 32.1 Å². The first-order valence-corrected chi connectivity index (χ1v) is 9.32. The van der Waals surface area contributed by atoms with Gasteiger partial charge in [-0.25, -0.2) is 9.97 Å². The molecule has 0 spiro atoms. The van der Waals surface area contributed by atoms with Gasteiger partial charge in [-0.05, 0) is 23.6 Å². The summed E-state index contributed by atoms with van der Waals surface area (Å²) in [6.07, 6.45) is 3.48. The number of para-hydroxylation sites is 1.